The van der Waals surface area contributed by atoms with Crippen molar-refractivity contribution in [2.45, 2.75) is 45.8 Å². The lowest BCUT2D eigenvalue weighted by molar-refractivity contribution is 0.0398. The summed E-state index contributed by atoms with van der Waals surface area (Å²) < 4.78 is 5.75. The minimum absolute atomic E-state index is 0.0180. The number of hydrogen-bond acceptors (Lipinski definition) is 4. The van der Waals surface area contributed by atoms with Gasteiger partial charge in [0, 0.05) is 30.1 Å². The first kappa shape index (κ1) is 12.5. The zero-order valence-corrected chi connectivity index (χ0v) is 10.8. The van der Waals surface area contributed by atoms with Gasteiger partial charge in [-0.3, -0.25) is 0 Å². The van der Waals surface area contributed by atoms with Crippen LogP contribution in [0.1, 0.15) is 55.9 Å². The molecule has 4 heteroatoms. The second kappa shape index (κ2) is 5.10. The van der Waals surface area contributed by atoms with Crippen molar-refractivity contribution in [1.82, 2.24) is 9.97 Å². The molecule has 0 spiro atoms. The minimum atomic E-state index is -0.0180. The lowest BCUT2D eigenvalue weighted by Gasteiger charge is -2.17. The monoisotopic (exact) mass is 235 g/mol. The summed E-state index contributed by atoms with van der Waals surface area (Å²) in [6.07, 6.45) is 4.36. The molecule has 94 valence electrons. The van der Waals surface area contributed by atoms with E-state index in [1.807, 2.05) is 27.0 Å². The standard InChI is InChI=1S/C13H21N3O/c1-4-17-12(10-5-6-10)13-15-7-11(8(2)14)9(3)16-13/h7-8,10,12H,4-6,14H2,1-3H3/t8-,12?/m1/s1. The van der Waals surface area contributed by atoms with Gasteiger partial charge in [-0.25, -0.2) is 9.97 Å². The highest BCUT2D eigenvalue weighted by Gasteiger charge is 2.35. The molecule has 2 rings (SSSR count). The van der Waals surface area contributed by atoms with Gasteiger partial charge >= 0.3 is 0 Å². The molecule has 1 aliphatic carbocycles. The molecular formula is C13H21N3O. The normalized spacial score (nSPS) is 19.1. The Hall–Kier alpha value is -1.00. The van der Waals surface area contributed by atoms with Crippen LogP contribution in [0.15, 0.2) is 6.20 Å². The average molecular weight is 235 g/mol. The first-order chi connectivity index (χ1) is 8.13. The Kier molecular flexibility index (Phi) is 3.74. The molecular weight excluding hydrogens is 214 g/mol. The lowest BCUT2D eigenvalue weighted by atomic mass is 10.1. The number of aromatic nitrogens is 2. The molecule has 1 saturated carbocycles. The molecule has 2 atom stereocenters. The largest absolute Gasteiger partial charge is 0.370 e. The smallest absolute Gasteiger partial charge is 0.157 e. The van der Waals surface area contributed by atoms with Gasteiger partial charge in [0.05, 0.1) is 0 Å². The SMILES string of the molecule is CCOC(c1ncc([C@@H](C)N)c(C)n1)C1CC1. The van der Waals surface area contributed by atoms with Crippen molar-refractivity contribution in [2.24, 2.45) is 11.7 Å². The molecule has 17 heavy (non-hydrogen) atoms. The van der Waals surface area contributed by atoms with Crippen LogP contribution in [0.25, 0.3) is 0 Å². The van der Waals surface area contributed by atoms with Gasteiger partial charge in [-0.15, -0.1) is 0 Å². The van der Waals surface area contributed by atoms with E-state index in [0.717, 1.165) is 17.1 Å². The molecule has 0 saturated heterocycles. The Morgan fingerprint density at radius 1 is 1.53 bits per heavy atom. The third-order valence-electron chi connectivity index (χ3n) is 3.18. The lowest BCUT2D eigenvalue weighted by Crippen LogP contribution is -2.15. The van der Waals surface area contributed by atoms with E-state index in [1.165, 1.54) is 12.8 Å². The summed E-state index contributed by atoms with van der Waals surface area (Å²) in [5.41, 5.74) is 7.84. The van der Waals surface area contributed by atoms with Crippen molar-refractivity contribution < 1.29 is 4.74 Å². The molecule has 1 unspecified atom stereocenters. The fourth-order valence-corrected chi connectivity index (χ4v) is 2.08. The van der Waals surface area contributed by atoms with E-state index in [9.17, 15) is 0 Å². The topological polar surface area (TPSA) is 61.0 Å². The van der Waals surface area contributed by atoms with Crippen LogP contribution in [0.2, 0.25) is 0 Å². The van der Waals surface area contributed by atoms with Crippen molar-refractivity contribution in [2.75, 3.05) is 6.61 Å². The predicted octanol–water partition coefficient (Wildman–Crippen LogP) is 2.29. The summed E-state index contributed by atoms with van der Waals surface area (Å²) in [7, 11) is 0. The van der Waals surface area contributed by atoms with Crippen molar-refractivity contribution in [3.63, 3.8) is 0 Å². The summed E-state index contributed by atoms with van der Waals surface area (Å²) in [5.74, 6) is 1.42. The Bertz CT molecular complexity index is 388. The third-order valence-corrected chi connectivity index (χ3v) is 3.18. The molecule has 0 amide bonds. The summed E-state index contributed by atoms with van der Waals surface area (Å²) in [6, 6.07) is -0.0180. The van der Waals surface area contributed by atoms with Crippen LogP contribution in [0.3, 0.4) is 0 Å². The van der Waals surface area contributed by atoms with E-state index in [4.69, 9.17) is 10.5 Å². The molecule has 1 aromatic rings. The Labute approximate surface area is 103 Å². The molecule has 0 aliphatic heterocycles. The maximum absolute atomic E-state index is 5.86. The second-order valence-electron chi connectivity index (χ2n) is 4.77. The number of nitrogens with two attached hydrogens (primary N) is 1. The Morgan fingerprint density at radius 2 is 2.24 bits per heavy atom. The van der Waals surface area contributed by atoms with Crippen molar-refractivity contribution >= 4 is 0 Å². The number of aryl methyl sites for hydroxylation is 1. The molecule has 1 aromatic heterocycles. The van der Waals surface area contributed by atoms with Gasteiger partial charge < -0.3 is 10.5 Å². The molecule has 0 radical (unpaired) electrons. The van der Waals surface area contributed by atoms with Crippen molar-refractivity contribution in [3.8, 4) is 0 Å². The molecule has 4 nitrogen and oxygen atoms in total. The zero-order valence-electron chi connectivity index (χ0n) is 10.8. The first-order valence-electron chi connectivity index (χ1n) is 6.34. The molecule has 0 bridgehead atoms. The number of nitrogens with zero attached hydrogens (tertiary/aromatic N) is 2. The molecule has 1 fully saturated rings. The molecule has 1 aliphatic rings. The average Bonchev–Trinajstić information content (AvgIpc) is 3.09. The fourth-order valence-electron chi connectivity index (χ4n) is 2.08. The minimum Gasteiger partial charge on any atom is -0.370 e. The highest BCUT2D eigenvalue weighted by molar-refractivity contribution is 5.20. The van der Waals surface area contributed by atoms with Gasteiger partial charge in [-0.2, -0.15) is 0 Å². The maximum atomic E-state index is 5.86. The molecule has 1 heterocycles. The summed E-state index contributed by atoms with van der Waals surface area (Å²) in [5, 5.41) is 0. The number of hydrogen-bond donors (Lipinski definition) is 1. The number of rotatable bonds is 5. The second-order valence-corrected chi connectivity index (χ2v) is 4.77. The van der Waals surface area contributed by atoms with Crippen LogP contribution in [-0.4, -0.2) is 16.6 Å². The van der Waals surface area contributed by atoms with Crippen LogP contribution in [0.4, 0.5) is 0 Å². The Balaban J connectivity index is 2.22. The summed E-state index contributed by atoms with van der Waals surface area (Å²) in [6.45, 7) is 6.66. The van der Waals surface area contributed by atoms with Crippen LogP contribution in [-0.2, 0) is 4.74 Å². The van der Waals surface area contributed by atoms with Gasteiger partial charge in [0.25, 0.3) is 0 Å². The van der Waals surface area contributed by atoms with E-state index in [2.05, 4.69) is 9.97 Å². The zero-order chi connectivity index (χ0) is 12.4. The van der Waals surface area contributed by atoms with E-state index in [0.29, 0.717) is 12.5 Å². The van der Waals surface area contributed by atoms with Crippen molar-refractivity contribution in [3.05, 3.63) is 23.3 Å². The van der Waals surface area contributed by atoms with E-state index >= 15 is 0 Å². The van der Waals surface area contributed by atoms with Gasteiger partial charge in [-0.05, 0) is 39.5 Å². The van der Waals surface area contributed by atoms with Crippen molar-refractivity contribution in [1.29, 1.82) is 0 Å². The van der Waals surface area contributed by atoms with Crippen LogP contribution in [0.5, 0.6) is 0 Å². The number of ether oxygens (including phenoxy) is 1. The summed E-state index contributed by atoms with van der Waals surface area (Å²) >= 11 is 0. The van der Waals surface area contributed by atoms with E-state index in [1.54, 1.807) is 0 Å². The highest BCUT2D eigenvalue weighted by atomic mass is 16.5. The van der Waals surface area contributed by atoms with Gasteiger partial charge in [0.2, 0.25) is 0 Å². The first-order valence-corrected chi connectivity index (χ1v) is 6.34. The summed E-state index contributed by atoms with van der Waals surface area (Å²) in [4.78, 5) is 8.98. The Morgan fingerprint density at radius 3 is 2.71 bits per heavy atom. The van der Waals surface area contributed by atoms with Crippen LogP contribution < -0.4 is 5.73 Å². The quantitative estimate of drug-likeness (QED) is 0.850. The van der Waals surface area contributed by atoms with Gasteiger partial charge in [0.15, 0.2) is 5.82 Å². The third kappa shape index (κ3) is 2.82. The predicted molar refractivity (Wildman–Crippen MR) is 66.5 cm³/mol. The highest BCUT2D eigenvalue weighted by Crippen LogP contribution is 2.42. The van der Waals surface area contributed by atoms with E-state index < -0.39 is 0 Å². The maximum Gasteiger partial charge on any atom is 0.157 e. The molecule has 2 N–H and O–H groups in total. The van der Waals surface area contributed by atoms with E-state index in [-0.39, 0.29) is 12.1 Å². The fraction of sp³-hybridized carbons (Fsp3) is 0.692. The molecule has 0 aromatic carbocycles. The van der Waals surface area contributed by atoms with Gasteiger partial charge in [-0.1, -0.05) is 0 Å². The van der Waals surface area contributed by atoms with Crippen LogP contribution >= 0.6 is 0 Å². The van der Waals surface area contributed by atoms with Crippen LogP contribution in [0, 0.1) is 12.8 Å². The van der Waals surface area contributed by atoms with Gasteiger partial charge in [0.1, 0.15) is 6.10 Å².